The Kier molecular flexibility index (Phi) is 12.5. The number of aliphatic carboxylic acids is 1. The van der Waals surface area contributed by atoms with E-state index in [9.17, 15) is 27.4 Å². The third-order valence-corrected chi connectivity index (χ3v) is 9.07. The number of amides is 3. The monoisotopic (exact) mass is 669 g/mol. The summed E-state index contributed by atoms with van der Waals surface area (Å²) in [6.45, 7) is 1.31. The van der Waals surface area contributed by atoms with E-state index in [1.165, 1.54) is 37.0 Å². The lowest BCUT2D eigenvalue weighted by atomic mass is 9.84. The largest absolute Gasteiger partial charge is 0.492 e. The Morgan fingerprint density at radius 2 is 1.68 bits per heavy atom. The van der Waals surface area contributed by atoms with Gasteiger partial charge >= 0.3 is 17.9 Å². The molecule has 0 aliphatic heterocycles. The van der Waals surface area contributed by atoms with Crippen molar-refractivity contribution in [3.63, 3.8) is 0 Å². The van der Waals surface area contributed by atoms with Crippen molar-refractivity contribution in [2.75, 3.05) is 29.6 Å². The summed E-state index contributed by atoms with van der Waals surface area (Å²) in [6, 6.07) is 18.5. The van der Waals surface area contributed by atoms with Crippen LogP contribution < -0.4 is 20.3 Å². The van der Waals surface area contributed by atoms with Gasteiger partial charge in [0.2, 0.25) is 0 Å². The zero-order chi connectivity index (χ0) is 34.0. The van der Waals surface area contributed by atoms with Crippen molar-refractivity contribution < 1.29 is 37.2 Å². The van der Waals surface area contributed by atoms with Crippen molar-refractivity contribution in [3.05, 3.63) is 83.4 Å². The van der Waals surface area contributed by atoms with Crippen LogP contribution >= 0.6 is 0 Å². The molecule has 1 saturated carbocycles. The predicted molar refractivity (Wildman–Crippen MR) is 178 cm³/mol. The van der Waals surface area contributed by atoms with Gasteiger partial charge in [-0.3, -0.25) is 13.9 Å². The molecule has 252 valence electrons. The first-order valence-electron chi connectivity index (χ1n) is 15.8. The number of anilines is 2. The number of ether oxygens (including phenoxy) is 1. The Morgan fingerprint density at radius 3 is 2.30 bits per heavy atom. The lowest BCUT2D eigenvalue weighted by Crippen LogP contribution is -2.42. The van der Waals surface area contributed by atoms with Crippen LogP contribution in [0.15, 0.2) is 71.6 Å². The zero-order valence-corrected chi connectivity index (χ0v) is 27.4. The number of benzene rings is 3. The lowest BCUT2D eigenvalue weighted by Gasteiger charge is -2.26. The number of carbonyl (C=O) groups is 3. The molecule has 3 aromatic carbocycles. The molecule has 12 heteroatoms. The molecule has 1 atom stereocenters. The van der Waals surface area contributed by atoms with Crippen LogP contribution in [0.2, 0.25) is 0 Å². The molecule has 1 aliphatic carbocycles. The fraction of sp³-hybridized carbons (Fsp3) is 0.400. The average Bonchev–Trinajstić information content (AvgIpc) is 3.07. The van der Waals surface area contributed by atoms with E-state index in [0.29, 0.717) is 40.1 Å². The van der Waals surface area contributed by atoms with Gasteiger partial charge in [0.1, 0.15) is 5.75 Å². The van der Waals surface area contributed by atoms with Gasteiger partial charge < -0.3 is 20.5 Å². The number of carboxylic acids is 1. The van der Waals surface area contributed by atoms with Gasteiger partial charge in [0.25, 0.3) is 5.91 Å². The number of rotatable bonds is 14. The molecule has 9 nitrogen and oxygen atoms in total. The molecular weight excluding hydrogens is 628 g/mol. The molecule has 0 heterocycles. The molecule has 0 radical (unpaired) electrons. The molecule has 0 saturated heterocycles. The summed E-state index contributed by atoms with van der Waals surface area (Å²) >= 11 is 0. The summed E-state index contributed by atoms with van der Waals surface area (Å²) in [4.78, 5) is 38.9. The number of carboxylic acid groups (broad SMARTS) is 1. The zero-order valence-electron chi connectivity index (χ0n) is 26.6. The Bertz CT molecular complexity index is 1560. The molecule has 3 N–H and O–H groups in total. The van der Waals surface area contributed by atoms with E-state index in [0.717, 1.165) is 25.7 Å². The Hall–Kier alpha value is -4.32. The second kappa shape index (κ2) is 16.5. The fourth-order valence-electron chi connectivity index (χ4n) is 5.40. The van der Waals surface area contributed by atoms with Crippen LogP contribution in [0.4, 0.5) is 25.0 Å². The minimum absolute atomic E-state index is 0.0594. The molecule has 1 unspecified atom stereocenters. The Labute approximate surface area is 276 Å². The molecule has 1 aliphatic rings. The van der Waals surface area contributed by atoms with E-state index in [4.69, 9.17) is 9.84 Å². The highest BCUT2D eigenvalue weighted by atomic mass is 32.2. The number of halogens is 2. The summed E-state index contributed by atoms with van der Waals surface area (Å²) in [7, 11) is -1.36. The van der Waals surface area contributed by atoms with Crippen molar-refractivity contribution in [1.29, 1.82) is 0 Å². The number of nitrogens with one attached hydrogen (secondary N) is 2. The van der Waals surface area contributed by atoms with E-state index >= 15 is 0 Å². The van der Waals surface area contributed by atoms with Gasteiger partial charge in [0.05, 0.1) is 35.4 Å². The quantitative estimate of drug-likeness (QED) is 0.154. The highest BCUT2D eigenvalue weighted by Crippen LogP contribution is 2.34. The van der Waals surface area contributed by atoms with Gasteiger partial charge in [-0.05, 0) is 78.8 Å². The van der Waals surface area contributed by atoms with Crippen molar-refractivity contribution in [2.24, 2.45) is 0 Å². The average molecular weight is 670 g/mol. The molecule has 0 spiro atoms. The SMILES string of the molecule is CCCCOc1ccc(NC(=O)N(Cc2ccc(C(=O)NCC(F)(F)C(=O)O)cc2)c2ccc(C3CCCCC3)cc2)cc1S(C)=O. The summed E-state index contributed by atoms with van der Waals surface area (Å²) in [5.74, 6) is -6.28. The van der Waals surface area contributed by atoms with Crippen LogP contribution in [0.25, 0.3) is 0 Å². The molecule has 47 heavy (non-hydrogen) atoms. The minimum Gasteiger partial charge on any atom is -0.492 e. The third-order valence-electron chi connectivity index (χ3n) is 8.13. The standard InChI is InChI=1S/C35H41F2N3O6S/c1-3-4-20-46-30-19-16-28(21-31(30)47(2)45)39-34(44)40(29-17-14-26(15-18-29)25-8-6-5-7-9-25)22-24-10-12-27(13-11-24)32(41)38-23-35(36,37)33(42)43/h10-19,21,25H,3-9,20,22-23H2,1-2H3,(H,38,41)(H,39,44)(H,42,43). The molecular formula is C35H41F2N3O6S. The summed E-state index contributed by atoms with van der Waals surface area (Å²) in [5, 5.41) is 13.4. The molecule has 0 aromatic heterocycles. The molecule has 3 aromatic rings. The Morgan fingerprint density at radius 1 is 1.00 bits per heavy atom. The number of hydrogen-bond donors (Lipinski definition) is 3. The summed E-state index contributed by atoms with van der Waals surface area (Å²) < 4.78 is 45.2. The first-order valence-corrected chi connectivity index (χ1v) is 17.3. The smallest absolute Gasteiger partial charge is 0.376 e. The second-order valence-electron chi connectivity index (χ2n) is 11.6. The first-order chi connectivity index (χ1) is 22.5. The fourth-order valence-corrected chi connectivity index (χ4v) is 6.11. The van der Waals surface area contributed by atoms with Crippen molar-refractivity contribution in [1.82, 2.24) is 5.32 Å². The molecule has 1 fully saturated rings. The van der Waals surface area contributed by atoms with Crippen LogP contribution in [-0.2, 0) is 22.1 Å². The number of nitrogens with zero attached hydrogens (tertiary/aromatic N) is 1. The van der Waals surface area contributed by atoms with E-state index in [1.807, 2.05) is 29.6 Å². The van der Waals surface area contributed by atoms with Crippen LogP contribution in [0.1, 0.15) is 79.3 Å². The van der Waals surface area contributed by atoms with Crippen molar-refractivity contribution >= 4 is 40.1 Å². The Balaban J connectivity index is 1.55. The highest BCUT2D eigenvalue weighted by molar-refractivity contribution is 7.84. The van der Waals surface area contributed by atoms with Crippen LogP contribution in [0, 0.1) is 0 Å². The molecule has 0 bridgehead atoms. The number of hydrogen-bond acceptors (Lipinski definition) is 5. The van der Waals surface area contributed by atoms with Gasteiger partial charge in [-0.2, -0.15) is 8.78 Å². The summed E-state index contributed by atoms with van der Waals surface area (Å²) in [5.41, 5.74) is 3.02. The normalized spacial score (nSPS) is 14.2. The number of carbonyl (C=O) groups excluding carboxylic acids is 2. The van der Waals surface area contributed by atoms with E-state index in [-0.39, 0.29) is 12.1 Å². The van der Waals surface area contributed by atoms with Gasteiger partial charge in [0, 0.05) is 23.2 Å². The predicted octanol–water partition coefficient (Wildman–Crippen LogP) is 7.34. The van der Waals surface area contributed by atoms with Crippen LogP contribution in [0.3, 0.4) is 0 Å². The highest BCUT2D eigenvalue weighted by Gasteiger charge is 2.39. The topological polar surface area (TPSA) is 125 Å². The van der Waals surface area contributed by atoms with Gasteiger partial charge in [-0.1, -0.05) is 56.9 Å². The number of alkyl halides is 2. The van der Waals surface area contributed by atoms with Gasteiger partial charge in [-0.15, -0.1) is 0 Å². The molecule has 4 rings (SSSR count). The first kappa shape index (κ1) is 35.5. The van der Waals surface area contributed by atoms with Crippen LogP contribution in [0.5, 0.6) is 5.75 Å². The van der Waals surface area contributed by atoms with E-state index < -0.39 is 41.2 Å². The van der Waals surface area contributed by atoms with Crippen molar-refractivity contribution in [3.8, 4) is 5.75 Å². The molecule has 3 amide bonds. The maximum atomic E-state index is 13.8. The van der Waals surface area contributed by atoms with Crippen LogP contribution in [-0.4, -0.2) is 52.6 Å². The maximum Gasteiger partial charge on any atom is 0.376 e. The van der Waals surface area contributed by atoms with Gasteiger partial charge in [-0.25, -0.2) is 9.59 Å². The maximum absolute atomic E-state index is 13.8. The van der Waals surface area contributed by atoms with Gasteiger partial charge in [0.15, 0.2) is 0 Å². The summed E-state index contributed by atoms with van der Waals surface area (Å²) in [6.07, 6.45) is 9.28. The minimum atomic E-state index is -4.09. The van der Waals surface area contributed by atoms with E-state index in [2.05, 4.69) is 12.2 Å². The third kappa shape index (κ3) is 9.84. The van der Waals surface area contributed by atoms with Crippen molar-refractivity contribution in [2.45, 2.75) is 75.2 Å². The van der Waals surface area contributed by atoms with E-state index in [1.54, 1.807) is 41.5 Å². The lowest BCUT2D eigenvalue weighted by molar-refractivity contribution is -0.163. The number of unbranched alkanes of at least 4 members (excludes halogenated alkanes) is 1. The number of urea groups is 1. The second-order valence-corrected chi connectivity index (χ2v) is 13.0.